The number of pyridine rings is 1. The Kier molecular flexibility index (Phi) is 6.63. The molecular weight excluding hydrogens is 370 g/mol. The third-order valence-electron chi connectivity index (χ3n) is 4.79. The lowest BCUT2D eigenvalue weighted by Crippen LogP contribution is -2.09. The normalized spacial score (nSPS) is 10.5. The zero-order chi connectivity index (χ0) is 20.4. The maximum absolute atomic E-state index is 4.72. The molecule has 0 unspecified atom stereocenters. The summed E-state index contributed by atoms with van der Waals surface area (Å²) in [6.07, 6.45) is 5.65. The van der Waals surface area contributed by atoms with Gasteiger partial charge in [0, 0.05) is 37.1 Å². The minimum Gasteiger partial charge on any atom is -0.370 e. The molecule has 30 heavy (non-hydrogen) atoms. The van der Waals surface area contributed by atoms with Crippen molar-refractivity contribution in [2.24, 2.45) is 0 Å². The molecule has 0 amide bonds. The summed E-state index contributed by atoms with van der Waals surface area (Å²) in [5.41, 5.74) is 4.45. The van der Waals surface area contributed by atoms with Gasteiger partial charge in [-0.2, -0.15) is 4.98 Å². The largest absolute Gasteiger partial charge is 0.370 e. The Bertz CT molecular complexity index is 1040. The first-order chi connectivity index (χ1) is 14.9. The fraction of sp³-hybridized carbons (Fsp3) is 0.160. The van der Waals surface area contributed by atoms with E-state index in [1.54, 1.807) is 12.4 Å². The van der Waals surface area contributed by atoms with E-state index in [4.69, 9.17) is 4.98 Å². The number of nitrogens with zero attached hydrogens (tertiary/aromatic N) is 3. The van der Waals surface area contributed by atoms with Crippen molar-refractivity contribution >= 4 is 11.8 Å². The van der Waals surface area contributed by atoms with Crippen molar-refractivity contribution in [3.8, 4) is 11.3 Å². The van der Waals surface area contributed by atoms with Crippen LogP contribution in [-0.4, -0.2) is 21.5 Å². The van der Waals surface area contributed by atoms with Crippen LogP contribution in [0.4, 0.5) is 11.8 Å². The third kappa shape index (κ3) is 5.64. The van der Waals surface area contributed by atoms with Gasteiger partial charge in [0.15, 0.2) is 0 Å². The number of aryl methyl sites for hydroxylation is 1. The molecule has 0 bridgehead atoms. The van der Waals surface area contributed by atoms with E-state index in [1.165, 1.54) is 5.56 Å². The van der Waals surface area contributed by atoms with Crippen molar-refractivity contribution in [3.05, 3.63) is 102 Å². The highest BCUT2D eigenvalue weighted by atomic mass is 15.1. The van der Waals surface area contributed by atoms with Crippen LogP contribution in [0.3, 0.4) is 0 Å². The van der Waals surface area contributed by atoms with Gasteiger partial charge in [0.2, 0.25) is 5.95 Å². The van der Waals surface area contributed by atoms with Gasteiger partial charge in [-0.25, -0.2) is 4.98 Å². The van der Waals surface area contributed by atoms with Gasteiger partial charge in [0.25, 0.3) is 0 Å². The first kappa shape index (κ1) is 19.6. The molecule has 4 aromatic rings. The van der Waals surface area contributed by atoms with Gasteiger partial charge < -0.3 is 10.6 Å². The summed E-state index contributed by atoms with van der Waals surface area (Å²) in [5, 5.41) is 6.80. The van der Waals surface area contributed by atoms with Crippen LogP contribution in [0.5, 0.6) is 0 Å². The van der Waals surface area contributed by atoms with Gasteiger partial charge in [-0.05, 0) is 36.1 Å². The van der Waals surface area contributed by atoms with Crippen LogP contribution >= 0.6 is 0 Å². The van der Waals surface area contributed by atoms with E-state index in [0.717, 1.165) is 42.0 Å². The summed E-state index contributed by atoms with van der Waals surface area (Å²) in [6, 6.07) is 26.7. The molecule has 4 rings (SSSR count). The SMILES string of the molecule is c1ccc(CCCNc2cc(-c3ccccc3)nc(NCc3ccncc3)n2)cc1. The molecule has 0 aliphatic rings. The van der Waals surface area contributed by atoms with Crippen LogP contribution in [-0.2, 0) is 13.0 Å². The maximum Gasteiger partial charge on any atom is 0.225 e. The average Bonchev–Trinajstić information content (AvgIpc) is 2.82. The van der Waals surface area contributed by atoms with Gasteiger partial charge in [0.05, 0.1) is 5.69 Å². The van der Waals surface area contributed by atoms with E-state index < -0.39 is 0 Å². The van der Waals surface area contributed by atoms with Gasteiger partial charge in [-0.1, -0.05) is 60.7 Å². The molecule has 0 saturated heterocycles. The van der Waals surface area contributed by atoms with Gasteiger partial charge in [-0.3, -0.25) is 4.98 Å². The molecular formula is C25H25N5. The van der Waals surface area contributed by atoms with E-state index in [9.17, 15) is 0 Å². The van der Waals surface area contributed by atoms with Crippen LogP contribution in [0.25, 0.3) is 11.3 Å². The number of hydrogen-bond donors (Lipinski definition) is 2. The van der Waals surface area contributed by atoms with Crippen LogP contribution in [0.15, 0.2) is 91.3 Å². The number of benzene rings is 2. The molecule has 0 saturated carbocycles. The van der Waals surface area contributed by atoms with Crippen molar-refractivity contribution in [1.82, 2.24) is 15.0 Å². The molecule has 0 spiro atoms. The second-order valence-electron chi connectivity index (χ2n) is 7.05. The summed E-state index contributed by atoms with van der Waals surface area (Å²) in [4.78, 5) is 13.4. The van der Waals surface area contributed by atoms with Crippen LogP contribution in [0.2, 0.25) is 0 Å². The molecule has 5 heteroatoms. The Labute approximate surface area is 177 Å². The van der Waals surface area contributed by atoms with Crippen molar-refractivity contribution in [2.75, 3.05) is 17.2 Å². The molecule has 2 N–H and O–H groups in total. The molecule has 2 aromatic heterocycles. The highest BCUT2D eigenvalue weighted by molar-refractivity contribution is 5.64. The van der Waals surface area contributed by atoms with E-state index in [1.807, 2.05) is 42.5 Å². The first-order valence-corrected chi connectivity index (χ1v) is 10.2. The highest BCUT2D eigenvalue weighted by Crippen LogP contribution is 2.21. The Morgan fingerprint density at radius 2 is 1.43 bits per heavy atom. The molecule has 2 aromatic carbocycles. The van der Waals surface area contributed by atoms with Crippen molar-refractivity contribution in [3.63, 3.8) is 0 Å². The monoisotopic (exact) mass is 395 g/mol. The number of hydrogen-bond acceptors (Lipinski definition) is 5. The zero-order valence-corrected chi connectivity index (χ0v) is 16.8. The number of nitrogens with one attached hydrogen (secondary N) is 2. The van der Waals surface area contributed by atoms with Gasteiger partial charge in [0.1, 0.15) is 5.82 Å². The first-order valence-electron chi connectivity index (χ1n) is 10.2. The summed E-state index contributed by atoms with van der Waals surface area (Å²) < 4.78 is 0. The van der Waals surface area contributed by atoms with E-state index in [0.29, 0.717) is 12.5 Å². The summed E-state index contributed by atoms with van der Waals surface area (Å²) >= 11 is 0. The summed E-state index contributed by atoms with van der Waals surface area (Å²) in [5.74, 6) is 1.44. The minimum atomic E-state index is 0.610. The third-order valence-corrected chi connectivity index (χ3v) is 4.79. The van der Waals surface area contributed by atoms with Crippen LogP contribution in [0.1, 0.15) is 17.5 Å². The predicted octanol–water partition coefficient (Wildman–Crippen LogP) is 5.20. The number of rotatable bonds is 9. The fourth-order valence-electron chi connectivity index (χ4n) is 3.21. The lowest BCUT2D eigenvalue weighted by Gasteiger charge is -2.12. The van der Waals surface area contributed by atoms with Gasteiger partial charge >= 0.3 is 0 Å². The molecule has 2 heterocycles. The van der Waals surface area contributed by atoms with Gasteiger partial charge in [-0.15, -0.1) is 0 Å². The number of anilines is 2. The van der Waals surface area contributed by atoms with Crippen LogP contribution in [0, 0.1) is 0 Å². The lowest BCUT2D eigenvalue weighted by atomic mass is 10.1. The zero-order valence-electron chi connectivity index (χ0n) is 16.8. The minimum absolute atomic E-state index is 0.610. The Balaban J connectivity index is 1.45. The van der Waals surface area contributed by atoms with E-state index >= 15 is 0 Å². The molecule has 150 valence electrons. The molecule has 0 fully saturated rings. The van der Waals surface area contributed by atoms with Crippen molar-refractivity contribution < 1.29 is 0 Å². The summed E-state index contributed by atoms with van der Waals surface area (Å²) in [6.45, 7) is 1.50. The number of aromatic nitrogens is 3. The Morgan fingerprint density at radius 1 is 0.700 bits per heavy atom. The second kappa shape index (κ2) is 10.2. The Morgan fingerprint density at radius 3 is 2.20 bits per heavy atom. The fourth-order valence-corrected chi connectivity index (χ4v) is 3.21. The average molecular weight is 396 g/mol. The molecule has 0 radical (unpaired) electrons. The molecule has 0 atom stereocenters. The quantitative estimate of drug-likeness (QED) is 0.382. The van der Waals surface area contributed by atoms with Crippen molar-refractivity contribution in [1.29, 1.82) is 0 Å². The topological polar surface area (TPSA) is 62.7 Å². The second-order valence-corrected chi connectivity index (χ2v) is 7.05. The molecule has 0 aliphatic heterocycles. The Hall–Kier alpha value is -3.73. The standard InChI is InChI=1S/C25H25N5/c1-3-8-20(9-4-1)10-7-15-27-24-18-23(22-11-5-2-6-12-22)29-25(30-24)28-19-21-13-16-26-17-14-21/h1-6,8-9,11-14,16-18H,7,10,15,19H2,(H2,27,28,29,30). The molecule has 0 aliphatic carbocycles. The van der Waals surface area contributed by atoms with E-state index in [2.05, 4.69) is 57.0 Å². The summed E-state index contributed by atoms with van der Waals surface area (Å²) in [7, 11) is 0. The lowest BCUT2D eigenvalue weighted by molar-refractivity contribution is 0.858. The molecule has 5 nitrogen and oxygen atoms in total. The predicted molar refractivity (Wildman–Crippen MR) is 122 cm³/mol. The van der Waals surface area contributed by atoms with Crippen LogP contribution < -0.4 is 10.6 Å². The highest BCUT2D eigenvalue weighted by Gasteiger charge is 2.07. The van der Waals surface area contributed by atoms with Crippen molar-refractivity contribution in [2.45, 2.75) is 19.4 Å². The van der Waals surface area contributed by atoms with E-state index in [-0.39, 0.29) is 0 Å². The maximum atomic E-state index is 4.72. The smallest absolute Gasteiger partial charge is 0.225 e.